The van der Waals surface area contributed by atoms with E-state index < -0.39 is 11.7 Å². The molecular formula is C48H34F3NO. The molecule has 2 atom stereocenters. The molecule has 2 nitrogen and oxygen atoms in total. The second-order valence-electron chi connectivity index (χ2n) is 14.0. The number of nitrogens with zero attached hydrogens (tertiary/aromatic N) is 1. The van der Waals surface area contributed by atoms with E-state index in [1.54, 1.807) is 12.1 Å². The Morgan fingerprint density at radius 2 is 1.17 bits per heavy atom. The highest BCUT2D eigenvalue weighted by molar-refractivity contribution is 5.97. The molecule has 1 aromatic heterocycles. The predicted molar refractivity (Wildman–Crippen MR) is 210 cm³/mol. The lowest BCUT2D eigenvalue weighted by atomic mass is 9.80. The molecule has 0 bridgehead atoms. The van der Waals surface area contributed by atoms with E-state index >= 15 is 0 Å². The predicted octanol–water partition coefficient (Wildman–Crippen LogP) is 12.6. The number of pyridine rings is 1. The molecule has 1 heterocycles. The van der Waals surface area contributed by atoms with E-state index in [1.165, 1.54) is 39.9 Å². The van der Waals surface area contributed by atoms with Crippen LogP contribution in [0.2, 0.25) is 0 Å². The van der Waals surface area contributed by atoms with Gasteiger partial charge in [0.15, 0.2) is 5.43 Å². The lowest BCUT2D eigenvalue weighted by molar-refractivity contribution is -0.137. The van der Waals surface area contributed by atoms with Crippen LogP contribution in [0.4, 0.5) is 13.2 Å². The highest BCUT2D eigenvalue weighted by atomic mass is 19.4. The van der Waals surface area contributed by atoms with Crippen molar-refractivity contribution in [3.05, 3.63) is 196 Å². The molecule has 2 unspecified atom stereocenters. The van der Waals surface area contributed by atoms with Gasteiger partial charge >= 0.3 is 6.18 Å². The van der Waals surface area contributed by atoms with Crippen LogP contribution in [0.15, 0.2) is 169 Å². The van der Waals surface area contributed by atoms with Crippen molar-refractivity contribution in [3.63, 3.8) is 0 Å². The molecule has 0 fully saturated rings. The number of para-hydroxylation sites is 1. The molecule has 0 saturated carbocycles. The summed E-state index contributed by atoms with van der Waals surface area (Å²) in [6.45, 7) is 2.35. The first kappa shape index (κ1) is 32.7. The third kappa shape index (κ3) is 5.73. The van der Waals surface area contributed by atoms with Crippen molar-refractivity contribution in [3.8, 4) is 39.1 Å². The van der Waals surface area contributed by atoms with Crippen molar-refractivity contribution < 1.29 is 13.2 Å². The maximum Gasteiger partial charge on any atom is 0.416 e. The number of benzene rings is 7. The quantitative estimate of drug-likeness (QED) is 0.168. The topological polar surface area (TPSA) is 22.0 Å². The lowest BCUT2D eigenvalue weighted by Gasteiger charge is -2.23. The minimum absolute atomic E-state index is 0.119. The Morgan fingerprint density at radius 3 is 1.91 bits per heavy atom. The van der Waals surface area contributed by atoms with Crippen LogP contribution >= 0.6 is 0 Å². The summed E-state index contributed by atoms with van der Waals surface area (Å²) in [6.07, 6.45) is -3.47. The van der Waals surface area contributed by atoms with E-state index in [-0.39, 0.29) is 5.43 Å². The molecule has 5 heteroatoms. The molecule has 0 radical (unpaired) electrons. The Kier molecular flexibility index (Phi) is 7.88. The Morgan fingerprint density at radius 1 is 0.566 bits per heavy atom. The molecule has 9 rings (SSSR count). The number of halogens is 3. The summed E-state index contributed by atoms with van der Waals surface area (Å²) in [7, 11) is 0. The van der Waals surface area contributed by atoms with E-state index in [0.717, 1.165) is 40.8 Å². The van der Waals surface area contributed by atoms with Crippen molar-refractivity contribution in [2.24, 2.45) is 0 Å². The fraction of sp³-hybridized carbons (Fsp3) is 0.104. The van der Waals surface area contributed by atoms with Crippen LogP contribution in [0.1, 0.15) is 41.0 Å². The lowest BCUT2D eigenvalue weighted by Crippen LogP contribution is -2.11. The highest BCUT2D eigenvalue weighted by Gasteiger charge is 2.31. The van der Waals surface area contributed by atoms with Crippen LogP contribution in [-0.2, 0) is 12.6 Å². The van der Waals surface area contributed by atoms with Gasteiger partial charge in [0, 0.05) is 16.5 Å². The van der Waals surface area contributed by atoms with Crippen molar-refractivity contribution in [2.75, 3.05) is 0 Å². The maximum absolute atomic E-state index is 13.9. The zero-order valence-corrected chi connectivity index (χ0v) is 28.9. The van der Waals surface area contributed by atoms with Crippen LogP contribution in [-0.4, -0.2) is 4.57 Å². The Bertz CT molecular complexity index is 2710. The van der Waals surface area contributed by atoms with Crippen molar-refractivity contribution in [2.45, 2.75) is 31.4 Å². The second-order valence-corrected chi connectivity index (χ2v) is 14.0. The zero-order chi connectivity index (χ0) is 36.3. The standard InChI is InChI=1S/C48H34F3NO/c1-30-39-11-5-6-12-40(39)43-27-34(19-20-36(43)29-42(30)33-9-3-2-4-10-33)31-15-17-32(18-16-31)35-21-26-46-44(28-35)47(53)41-13-7-8-14-45(41)52(46)38-24-22-37(23-25-38)48(49,50)51/h2-28,30,42H,29H2,1H3. The average Bonchev–Trinajstić information content (AvgIpc) is 3.32. The second kappa shape index (κ2) is 12.8. The number of fused-ring (bicyclic) bond motifs is 5. The van der Waals surface area contributed by atoms with Gasteiger partial charge in [0.05, 0.1) is 16.6 Å². The van der Waals surface area contributed by atoms with Crippen LogP contribution in [0.3, 0.4) is 0 Å². The Hall–Kier alpha value is -6.20. The van der Waals surface area contributed by atoms with Gasteiger partial charge in [-0.25, -0.2) is 0 Å². The summed E-state index contributed by atoms with van der Waals surface area (Å²) in [5, 5.41) is 0.999. The summed E-state index contributed by atoms with van der Waals surface area (Å²) in [5.41, 5.74) is 11.7. The number of rotatable bonds is 4. The third-order valence-electron chi connectivity index (χ3n) is 11.0. The minimum Gasteiger partial charge on any atom is -0.309 e. The summed E-state index contributed by atoms with van der Waals surface area (Å²) in [5.74, 6) is 0.741. The van der Waals surface area contributed by atoms with E-state index in [4.69, 9.17) is 0 Å². The van der Waals surface area contributed by atoms with Gasteiger partial charge in [-0.3, -0.25) is 4.79 Å². The van der Waals surface area contributed by atoms with Gasteiger partial charge in [0.2, 0.25) is 0 Å². The summed E-state index contributed by atoms with van der Waals surface area (Å²) >= 11 is 0. The molecule has 1 aliphatic carbocycles. The number of aromatic nitrogens is 1. The van der Waals surface area contributed by atoms with Crippen molar-refractivity contribution in [1.29, 1.82) is 0 Å². The molecule has 53 heavy (non-hydrogen) atoms. The average molecular weight is 698 g/mol. The van der Waals surface area contributed by atoms with Gasteiger partial charge in [0.1, 0.15) is 0 Å². The van der Waals surface area contributed by atoms with Crippen LogP contribution < -0.4 is 5.43 Å². The summed E-state index contributed by atoms with van der Waals surface area (Å²) < 4.78 is 42.0. The Labute approximate surface area is 305 Å². The van der Waals surface area contributed by atoms with Crippen LogP contribution in [0, 0.1) is 0 Å². The SMILES string of the molecule is CC1c2ccccc2-c2cc(-c3ccc(-c4ccc5c(c4)c(=O)c4ccccc4n5-c4ccc(C(F)(F)F)cc4)cc3)ccc2CC1c1ccccc1. The first-order valence-corrected chi connectivity index (χ1v) is 17.9. The molecule has 7 aromatic carbocycles. The fourth-order valence-corrected chi connectivity index (χ4v) is 8.22. The summed E-state index contributed by atoms with van der Waals surface area (Å²) in [6, 6.07) is 52.9. The number of hydrogen-bond acceptors (Lipinski definition) is 1. The molecule has 1 aliphatic rings. The molecule has 0 amide bonds. The van der Waals surface area contributed by atoms with Gasteiger partial charge < -0.3 is 4.57 Å². The van der Waals surface area contributed by atoms with Gasteiger partial charge in [-0.05, 0) is 123 Å². The highest BCUT2D eigenvalue weighted by Crippen LogP contribution is 2.46. The Balaban J connectivity index is 1.09. The van der Waals surface area contributed by atoms with Crippen LogP contribution in [0.5, 0.6) is 0 Å². The molecule has 0 spiro atoms. The molecular weight excluding hydrogens is 664 g/mol. The first-order chi connectivity index (χ1) is 25.7. The van der Waals surface area contributed by atoms with E-state index in [9.17, 15) is 18.0 Å². The van der Waals surface area contributed by atoms with E-state index in [1.807, 2.05) is 34.9 Å². The largest absolute Gasteiger partial charge is 0.416 e. The smallest absolute Gasteiger partial charge is 0.309 e. The van der Waals surface area contributed by atoms with Gasteiger partial charge in [-0.15, -0.1) is 0 Å². The molecule has 258 valence electrons. The van der Waals surface area contributed by atoms with Crippen molar-refractivity contribution >= 4 is 21.8 Å². The molecule has 8 aromatic rings. The van der Waals surface area contributed by atoms with Crippen molar-refractivity contribution in [1.82, 2.24) is 4.57 Å². The molecule has 0 N–H and O–H groups in total. The first-order valence-electron chi connectivity index (χ1n) is 17.9. The molecule has 0 saturated heterocycles. The summed E-state index contributed by atoms with van der Waals surface area (Å²) in [4.78, 5) is 13.9. The fourth-order valence-electron chi connectivity index (χ4n) is 8.22. The van der Waals surface area contributed by atoms with Crippen LogP contribution in [0.25, 0.3) is 60.9 Å². The van der Waals surface area contributed by atoms with Gasteiger partial charge in [-0.1, -0.05) is 116 Å². The zero-order valence-electron chi connectivity index (χ0n) is 28.9. The van der Waals surface area contributed by atoms with Gasteiger partial charge in [-0.2, -0.15) is 13.2 Å². The number of alkyl halides is 3. The third-order valence-corrected chi connectivity index (χ3v) is 11.0. The normalized spacial score (nSPS) is 15.5. The molecule has 0 aliphatic heterocycles. The van der Waals surface area contributed by atoms with Gasteiger partial charge in [0.25, 0.3) is 0 Å². The van der Waals surface area contributed by atoms with E-state index in [2.05, 4.69) is 104 Å². The maximum atomic E-state index is 13.9. The minimum atomic E-state index is -4.44. The number of hydrogen-bond donors (Lipinski definition) is 0. The van der Waals surface area contributed by atoms with E-state index in [0.29, 0.717) is 39.3 Å². The monoisotopic (exact) mass is 697 g/mol.